The number of carbonyl (C=O) groups excluding carboxylic acids is 1. The van der Waals surface area contributed by atoms with Crippen LogP contribution in [-0.2, 0) is 0 Å². The fourth-order valence-corrected chi connectivity index (χ4v) is 2.87. The molecule has 1 heterocycles. The van der Waals surface area contributed by atoms with Crippen LogP contribution < -0.4 is 5.32 Å². The summed E-state index contributed by atoms with van der Waals surface area (Å²) >= 11 is 0. The lowest BCUT2D eigenvalue weighted by atomic mass is 10.0. The summed E-state index contributed by atoms with van der Waals surface area (Å²) in [7, 11) is 3.93. The molecule has 0 radical (unpaired) electrons. The van der Waals surface area contributed by atoms with E-state index in [1.54, 1.807) is 18.2 Å². The molecule has 0 bridgehead atoms. The molecular formula is C22H24FN3O2. The van der Waals surface area contributed by atoms with Gasteiger partial charge in [-0.25, -0.2) is 4.39 Å². The molecule has 1 N–H and O–H groups in total. The maximum Gasteiger partial charge on any atom is 0.273 e. The average molecular weight is 381 g/mol. The number of carbonyl (C=O) groups is 1. The first-order valence-electron chi connectivity index (χ1n) is 9.17. The van der Waals surface area contributed by atoms with Crippen molar-refractivity contribution in [1.82, 2.24) is 15.4 Å². The van der Waals surface area contributed by atoms with Gasteiger partial charge >= 0.3 is 0 Å². The van der Waals surface area contributed by atoms with Crippen LogP contribution in [0.2, 0.25) is 0 Å². The molecule has 0 spiro atoms. The van der Waals surface area contributed by atoms with Gasteiger partial charge in [0.25, 0.3) is 5.91 Å². The Morgan fingerprint density at radius 1 is 1.14 bits per heavy atom. The van der Waals surface area contributed by atoms with Crippen molar-refractivity contribution in [3.8, 4) is 11.3 Å². The third kappa shape index (κ3) is 5.04. The minimum absolute atomic E-state index is 0.215. The molecule has 0 aliphatic carbocycles. The number of benzene rings is 2. The van der Waals surface area contributed by atoms with Crippen LogP contribution in [0.15, 0.2) is 59.1 Å². The Labute approximate surface area is 164 Å². The molecule has 146 valence electrons. The molecule has 1 atom stereocenters. The Balaban J connectivity index is 1.75. The largest absolute Gasteiger partial charge is 0.355 e. The first-order chi connectivity index (χ1) is 13.4. The fraction of sp³-hybridized carbons (Fsp3) is 0.273. The quantitative estimate of drug-likeness (QED) is 0.666. The van der Waals surface area contributed by atoms with E-state index in [2.05, 4.69) is 10.5 Å². The summed E-state index contributed by atoms with van der Waals surface area (Å²) in [6.45, 7) is 2.78. The lowest BCUT2D eigenvalue weighted by molar-refractivity contribution is 0.0923. The van der Waals surface area contributed by atoms with Crippen molar-refractivity contribution >= 4 is 5.91 Å². The normalized spacial score (nSPS) is 12.2. The number of nitrogens with one attached hydrogen (secondary N) is 1. The zero-order valence-corrected chi connectivity index (χ0v) is 16.3. The highest BCUT2D eigenvalue weighted by Crippen LogP contribution is 2.22. The maximum absolute atomic E-state index is 13.3. The van der Waals surface area contributed by atoms with Gasteiger partial charge in [0.05, 0.1) is 6.04 Å². The number of rotatable bonds is 7. The Kier molecular flexibility index (Phi) is 6.21. The smallest absolute Gasteiger partial charge is 0.273 e. The Bertz CT molecular complexity index is 918. The zero-order chi connectivity index (χ0) is 20.1. The van der Waals surface area contributed by atoms with E-state index in [4.69, 9.17) is 4.52 Å². The van der Waals surface area contributed by atoms with Crippen LogP contribution in [0.25, 0.3) is 11.3 Å². The standard InChI is InChI=1S/C22H24FN3O2/c1-15-4-6-17(7-5-15)21-14-20(25-28-21)22(27)24-19(12-13-26(2)3)16-8-10-18(23)11-9-16/h4-11,14,19H,12-13H2,1-3H3,(H,24,27). The van der Waals surface area contributed by atoms with Gasteiger partial charge in [0.1, 0.15) is 5.82 Å². The van der Waals surface area contributed by atoms with Gasteiger partial charge in [-0.3, -0.25) is 4.79 Å². The molecule has 3 rings (SSSR count). The Morgan fingerprint density at radius 3 is 2.46 bits per heavy atom. The predicted molar refractivity (Wildman–Crippen MR) is 106 cm³/mol. The Hall–Kier alpha value is -2.99. The first kappa shape index (κ1) is 19.8. The average Bonchev–Trinajstić information content (AvgIpc) is 3.16. The van der Waals surface area contributed by atoms with Gasteiger partial charge in [0.2, 0.25) is 0 Å². The molecular weight excluding hydrogens is 357 g/mol. The van der Waals surface area contributed by atoms with E-state index in [0.29, 0.717) is 12.2 Å². The topological polar surface area (TPSA) is 58.4 Å². The first-order valence-corrected chi connectivity index (χ1v) is 9.17. The lowest BCUT2D eigenvalue weighted by Gasteiger charge is -2.20. The summed E-state index contributed by atoms with van der Waals surface area (Å²) in [4.78, 5) is 14.8. The van der Waals surface area contributed by atoms with Crippen molar-refractivity contribution in [2.45, 2.75) is 19.4 Å². The Morgan fingerprint density at radius 2 is 1.82 bits per heavy atom. The van der Waals surface area contributed by atoms with Crippen LogP contribution in [-0.4, -0.2) is 36.6 Å². The molecule has 5 nitrogen and oxygen atoms in total. The van der Waals surface area contributed by atoms with Crippen LogP contribution in [0, 0.1) is 12.7 Å². The molecule has 0 saturated heterocycles. The third-order valence-electron chi connectivity index (χ3n) is 4.52. The summed E-state index contributed by atoms with van der Waals surface area (Å²) in [5.74, 6) is -0.0901. The van der Waals surface area contributed by atoms with Crippen molar-refractivity contribution in [3.63, 3.8) is 0 Å². The van der Waals surface area contributed by atoms with Crippen molar-refractivity contribution in [2.75, 3.05) is 20.6 Å². The van der Waals surface area contributed by atoms with E-state index in [1.165, 1.54) is 12.1 Å². The van der Waals surface area contributed by atoms with Gasteiger partial charge in [0.15, 0.2) is 11.5 Å². The number of hydrogen-bond acceptors (Lipinski definition) is 4. The molecule has 0 saturated carbocycles. The van der Waals surface area contributed by atoms with Crippen molar-refractivity contribution < 1.29 is 13.7 Å². The highest BCUT2D eigenvalue weighted by Gasteiger charge is 2.19. The monoisotopic (exact) mass is 381 g/mol. The van der Waals surface area contributed by atoms with E-state index >= 15 is 0 Å². The summed E-state index contributed by atoms with van der Waals surface area (Å²) in [6, 6.07) is 15.4. The fourth-order valence-electron chi connectivity index (χ4n) is 2.87. The molecule has 6 heteroatoms. The van der Waals surface area contributed by atoms with Gasteiger partial charge < -0.3 is 14.7 Å². The third-order valence-corrected chi connectivity index (χ3v) is 4.52. The van der Waals surface area contributed by atoms with Gasteiger partial charge in [0, 0.05) is 11.6 Å². The molecule has 1 aromatic heterocycles. The van der Waals surface area contributed by atoms with Crippen molar-refractivity contribution in [2.24, 2.45) is 0 Å². The number of amides is 1. The van der Waals surface area contributed by atoms with Crippen LogP contribution in [0.4, 0.5) is 4.39 Å². The summed E-state index contributed by atoms with van der Waals surface area (Å²) in [5.41, 5.74) is 3.07. The maximum atomic E-state index is 13.3. The van der Waals surface area contributed by atoms with Crippen LogP contribution in [0.1, 0.15) is 34.1 Å². The highest BCUT2D eigenvalue weighted by atomic mass is 19.1. The van der Waals surface area contributed by atoms with Gasteiger partial charge in [-0.2, -0.15) is 0 Å². The van der Waals surface area contributed by atoms with E-state index in [9.17, 15) is 9.18 Å². The van der Waals surface area contributed by atoms with Crippen molar-refractivity contribution in [1.29, 1.82) is 0 Å². The van der Waals surface area contributed by atoms with E-state index < -0.39 is 0 Å². The summed E-state index contributed by atoms with van der Waals surface area (Å²) < 4.78 is 18.6. The van der Waals surface area contributed by atoms with Crippen molar-refractivity contribution in [3.05, 3.63) is 77.2 Å². The second-order valence-electron chi connectivity index (χ2n) is 7.11. The van der Waals surface area contributed by atoms with Gasteiger partial charge in [-0.1, -0.05) is 47.1 Å². The molecule has 2 aromatic carbocycles. The molecule has 28 heavy (non-hydrogen) atoms. The van der Waals surface area contributed by atoms with E-state index in [-0.39, 0.29) is 23.5 Å². The second-order valence-corrected chi connectivity index (χ2v) is 7.11. The van der Waals surface area contributed by atoms with Crippen LogP contribution in [0.3, 0.4) is 0 Å². The molecule has 3 aromatic rings. The molecule has 0 aliphatic rings. The van der Waals surface area contributed by atoms with Crippen LogP contribution in [0.5, 0.6) is 0 Å². The number of halogens is 1. The molecule has 1 unspecified atom stereocenters. The molecule has 0 fully saturated rings. The number of aromatic nitrogens is 1. The summed E-state index contributed by atoms with van der Waals surface area (Å²) in [6.07, 6.45) is 0.688. The number of nitrogens with zero attached hydrogens (tertiary/aromatic N) is 2. The van der Waals surface area contributed by atoms with Gasteiger partial charge in [-0.05, 0) is 51.7 Å². The van der Waals surface area contributed by atoms with Crippen LogP contribution >= 0.6 is 0 Å². The minimum atomic E-state index is -0.324. The molecule has 0 aliphatic heterocycles. The van der Waals surface area contributed by atoms with E-state index in [0.717, 1.165) is 23.2 Å². The van der Waals surface area contributed by atoms with Gasteiger partial charge in [-0.15, -0.1) is 0 Å². The highest BCUT2D eigenvalue weighted by molar-refractivity contribution is 5.93. The number of aryl methyl sites for hydroxylation is 1. The summed E-state index contributed by atoms with van der Waals surface area (Å²) in [5, 5.41) is 6.90. The minimum Gasteiger partial charge on any atom is -0.355 e. The second kappa shape index (κ2) is 8.80. The van der Waals surface area contributed by atoms with E-state index in [1.807, 2.05) is 50.2 Å². The SMILES string of the molecule is Cc1ccc(-c2cc(C(=O)NC(CCN(C)C)c3ccc(F)cc3)no2)cc1. The zero-order valence-electron chi connectivity index (χ0n) is 16.3. The number of hydrogen-bond donors (Lipinski definition) is 1. The predicted octanol–water partition coefficient (Wildman–Crippen LogP) is 4.21. The molecule has 1 amide bonds. The lowest BCUT2D eigenvalue weighted by Crippen LogP contribution is -2.31.